The van der Waals surface area contributed by atoms with Gasteiger partial charge in [-0.25, -0.2) is 9.97 Å². The van der Waals surface area contributed by atoms with Crippen LogP contribution in [0, 0.1) is 0 Å². The largest absolute Gasteiger partial charge is 0.493 e. The molecule has 0 saturated heterocycles. The summed E-state index contributed by atoms with van der Waals surface area (Å²) in [4.78, 5) is 7.59. The molecule has 2 aromatic rings. The van der Waals surface area contributed by atoms with Gasteiger partial charge < -0.3 is 5.11 Å². The van der Waals surface area contributed by atoms with Crippen LogP contribution in [0.1, 0.15) is 0 Å². The van der Waals surface area contributed by atoms with Gasteiger partial charge in [0.2, 0.25) is 5.88 Å². The Balaban J connectivity index is 2.88. The molecule has 0 saturated carbocycles. The van der Waals surface area contributed by atoms with Crippen LogP contribution in [0.25, 0.3) is 10.8 Å². The Bertz CT molecular complexity index is 430. The third-order valence-electron chi connectivity index (χ3n) is 1.59. The molecule has 0 fully saturated rings. The second-order valence-corrected chi connectivity index (χ2v) is 2.75. The maximum atomic E-state index is 9.30. The Hall–Kier alpha value is -1.35. The minimum Gasteiger partial charge on any atom is -0.493 e. The molecule has 4 heteroatoms. The quantitative estimate of drug-likeness (QED) is 0.631. The van der Waals surface area contributed by atoms with Crippen LogP contribution < -0.4 is 0 Å². The monoisotopic (exact) mass is 180 g/mol. The minimum absolute atomic E-state index is 0.0169. The lowest BCUT2D eigenvalue weighted by Gasteiger charge is -1.98. The van der Waals surface area contributed by atoms with Crippen molar-refractivity contribution in [2.45, 2.75) is 0 Å². The van der Waals surface area contributed by atoms with E-state index in [9.17, 15) is 5.11 Å². The van der Waals surface area contributed by atoms with Crippen LogP contribution in [0.3, 0.4) is 0 Å². The van der Waals surface area contributed by atoms with E-state index < -0.39 is 0 Å². The Labute approximate surface area is 73.6 Å². The number of fused-ring (bicyclic) bond motifs is 1. The molecule has 0 aromatic carbocycles. The highest BCUT2D eigenvalue weighted by Gasteiger charge is 2.00. The van der Waals surface area contributed by atoms with Crippen molar-refractivity contribution in [2.24, 2.45) is 0 Å². The number of aromatic nitrogens is 2. The van der Waals surface area contributed by atoms with Gasteiger partial charge >= 0.3 is 0 Å². The van der Waals surface area contributed by atoms with Crippen molar-refractivity contribution < 1.29 is 5.11 Å². The predicted molar refractivity (Wildman–Crippen MR) is 46.2 cm³/mol. The summed E-state index contributed by atoms with van der Waals surface area (Å²) in [5.41, 5.74) is 0. The highest BCUT2D eigenvalue weighted by Crippen LogP contribution is 2.22. The van der Waals surface area contributed by atoms with Gasteiger partial charge in [-0.3, -0.25) is 0 Å². The van der Waals surface area contributed by atoms with Gasteiger partial charge in [0, 0.05) is 23.2 Å². The molecule has 2 aromatic heterocycles. The van der Waals surface area contributed by atoms with Crippen molar-refractivity contribution in [3.8, 4) is 5.88 Å². The van der Waals surface area contributed by atoms with E-state index in [1.54, 1.807) is 18.3 Å². The maximum absolute atomic E-state index is 9.30. The fourth-order valence-corrected chi connectivity index (χ4v) is 1.18. The van der Waals surface area contributed by atoms with Gasteiger partial charge in [-0.1, -0.05) is 11.6 Å². The Morgan fingerprint density at radius 1 is 1.33 bits per heavy atom. The summed E-state index contributed by atoms with van der Waals surface area (Å²) >= 11 is 5.64. The fraction of sp³-hybridized carbons (Fsp3) is 0. The number of nitrogens with zero attached hydrogens (tertiary/aromatic N) is 2. The van der Waals surface area contributed by atoms with Gasteiger partial charge in [-0.2, -0.15) is 0 Å². The zero-order valence-corrected chi connectivity index (χ0v) is 6.78. The molecule has 3 nitrogen and oxygen atoms in total. The van der Waals surface area contributed by atoms with E-state index in [2.05, 4.69) is 9.97 Å². The summed E-state index contributed by atoms with van der Waals surface area (Å²) < 4.78 is 0. The van der Waals surface area contributed by atoms with Gasteiger partial charge in [-0.05, 0) is 12.1 Å². The summed E-state index contributed by atoms with van der Waals surface area (Å²) in [5.74, 6) is -0.0169. The van der Waals surface area contributed by atoms with E-state index in [4.69, 9.17) is 11.6 Å². The summed E-state index contributed by atoms with van der Waals surface area (Å²) in [6.45, 7) is 0. The van der Waals surface area contributed by atoms with E-state index in [0.29, 0.717) is 10.5 Å². The molecular weight excluding hydrogens is 176 g/mol. The molecule has 0 aliphatic rings. The smallest absolute Gasteiger partial charge is 0.218 e. The van der Waals surface area contributed by atoms with Crippen molar-refractivity contribution >= 4 is 22.4 Å². The SMILES string of the molecule is Oc1nccc2cnc(Cl)cc12. The fourth-order valence-electron chi connectivity index (χ4n) is 1.02. The molecule has 0 aliphatic carbocycles. The number of halogens is 1. The zero-order chi connectivity index (χ0) is 8.55. The van der Waals surface area contributed by atoms with Crippen LogP contribution in [0.5, 0.6) is 5.88 Å². The first-order chi connectivity index (χ1) is 5.77. The molecule has 0 bridgehead atoms. The molecule has 1 N–H and O–H groups in total. The molecule has 0 unspecified atom stereocenters. The van der Waals surface area contributed by atoms with Crippen molar-refractivity contribution in [1.82, 2.24) is 9.97 Å². The molecule has 0 amide bonds. The van der Waals surface area contributed by atoms with E-state index in [1.165, 1.54) is 6.20 Å². The van der Waals surface area contributed by atoms with Crippen LogP contribution in [0.15, 0.2) is 24.5 Å². The highest BCUT2D eigenvalue weighted by molar-refractivity contribution is 6.30. The third kappa shape index (κ3) is 1.08. The summed E-state index contributed by atoms with van der Waals surface area (Å²) in [6.07, 6.45) is 3.12. The Kier molecular flexibility index (Phi) is 1.59. The molecule has 60 valence electrons. The second-order valence-electron chi connectivity index (χ2n) is 2.36. The van der Waals surface area contributed by atoms with Crippen molar-refractivity contribution in [1.29, 1.82) is 0 Å². The predicted octanol–water partition coefficient (Wildman–Crippen LogP) is 1.99. The van der Waals surface area contributed by atoms with E-state index in [0.717, 1.165) is 5.39 Å². The lowest BCUT2D eigenvalue weighted by molar-refractivity contribution is 0.460. The molecule has 12 heavy (non-hydrogen) atoms. The van der Waals surface area contributed by atoms with Crippen LogP contribution in [-0.4, -0.2) is 15.1 Å². The van der Waals surface area contributed by atoms with Crippen LogP contribution in [-0.2, 0) is 0 Å². The molecule has 2 heterocycles. The van der Waals surface area contributed by atoms with Crippen LogP contribution in [0.4, 0.5) is 0 Å². The van der Waals surface area contributed by atoms with Crippen molar-refractivity contribution in [3.63, 3.8) is 0 Å². The molecule has 2 rings (SSSR count). The third-order valence-corrected chi connectivity index (χ3v) is 1.80. The summed E-state index contributed by atoms with van der Waals surface area (Å²) in [7, 11) is 0. The van der Waals surface area contributed by atoms with E-state index in [1.807, 2.05) is 0 Å². The van der Waals surface area contributed by atoms with Crippen LogP contribution >= 0.6 is 11.6 Å². The van der Waals surface area contributed by atoms with Crippen LogP contribution in [0.2, 0.25) is 5.15 Å². The normalized spacial score (nSPS) is 10.4. The molecule has 0 spiro atoms. The summed E-state index contributed by atoms with van der Waals surface area (Å²) in [5, 5.41) is 11.1. The number of hydrogen-bond acceptors (Lipinski definition) is 3. The first kappa shape index (κ1) is 7.31. The van der Waals surface area contributed by atoms with E-state index in [-0.39, 0.29) is 5.88 Å². The zero-order valence-electron chi connectivity index (χ0n) is 6.03. The average Bonchev–Trinajstić information content (AvgIpc) is 2.07. The standard InChI is InChI=1S/C8H5ClN2O/c9-7-3-6-5(4-11-7)1-2-10-8(6)12/h1-4H,(H,10,12). The number of pyridine rings is 2. The molecule has 0 atom stereocenters. The van der Waals surface area contributed by atoms with Crippen molar-refractivity contribution in [3.05, 3.63) is 29.7 Å². The topological polar surface area (TPSA) is 46.0 Å². The van der Waals surface area contributed by atoms with Gasteiger partial charge in [0.15, 0.2) is 0 Å². The van der Waals surface area contributed by atoms with Gasteiger partial charge in [-0.15, -0.1) is 0 Å². The first-order valence-electron chi connectivity index (χ1n) is 3.36. The van der Waals surface area contributed by atoms with Gasteiger partial charge in [0.25, 0.3) is 0 Å². The molecule has 0 aliphatic heterocycles. The lowest BCUT2D eigenvalue weighted by atomic mass is 10.2. The molecule has 0 radical (unpaired) electrons. The summed E-state index contributed by atoms with van der Waals surface area (Å²) in [6, 6.07) is 3.34. The number of hydrogen-bond donors (Lipinski definition) is 1. The Morgan fingerprint density at radius 2 is 2.17 bits per heavy atom. The molecular formula is C8H5ClN2O. The van der Waals surface area contributed by atoms with Gasteiger partial charge in [0.1, 0.15) is 5.15 Å². The van der Waals surface area contributed by atoms with Crippen molar-refractivity contribution in [2.75, 3.05) is 0 Å². The minimum atomic E-state index is -0.0169. The lowest BCUT2D eigenvalue weighted by Crippen LogP contribution is -1.80. The maximum Gasteiger partial charge on any atom is 0.218 e. The number of rotatable bonds is 0. The van der Waals surface area contributed by atoms with E-state index >= 15 is 0 Å². The Morgan fingerprint density at radius 3 is 3.00 bits per heavy atom. The number of aromatic hydroxyl groups is 1. The second kappa shape index (κ2) is 2.60. The van der Waals surface area contributed by atoms with Gasteiger partial charge in [0.05, 0.1) is 0 Å². The average molecular weight is 181 g/mol. The first-order valence-corrected chi connectivity index (χ1v) is 3.74. The highest BCUT2D eigenvalue weighted by atomic mass is 35.5.